The molecule has 156 valence electrons. The molecule has 3 atom stereocenters. The summed E-state index contributed by atoms with van der Waals surface area (Å²) < 4.78 is 17.2. The Hall–Kier alpha value is -2.41. The minimum Gasteiger partial charge on any atom is -0.477 e. The number of halogens is 1. The van der Waals surface area contributed by atoms with Crippen LogP contribution in [0.25, 0.3) is 10.9 Å². The van der Waals surface area contributed by atoms with Crippen LogP contribution in [0, 0.1) is 11.2 Å². The number of hydrogen-bond donors (Lipinski definition) is 2. The second kappa shape index (κ2) is 6.83. The van der Waals surface area contributed by atoms with Gasteiger partial charge in [0.05, 0.1) is 17.3 Å². The predicted molar refractivity (Wildman–Crippen MR) is 109 cm³/mol. The number of carboxylic acids is 1. The summed E-state index contributed by atoms with van der Waals surface area (Å²) >= 11 is 0. The van der Waals surface area contributed by atoms with Crippen LogP contribution in [0.3, 0.4) is 0 Å². The predicted octanol–water partition coefficient (Wildman–Crippen LogP) is 3.33. The van der Waals surface area contributed by atoms with Crippen LogP contribution >= 0.6 is 0 Å². The van der Waals surface area contributed by atoms with E-state index in [4.69, 9.17) is 0 Å². The van der Waals surface area contributed by atoms with Crippen molar-refractivity contribution in [1.29, 1.82) is 0 Å². The maximum Gasteiger partial charge on any atom is 0.341 e. The normalized spacial score (nSPS) is 26.7. The lowest BCUT2D eigenvalue weighted by Crippen LogP contribution is -2.50. The van der Waals surface area contributed by atoms with Gasteiger partial charge in [-0.25, -0.2) is 9.18 Å². The van der Waals surface area contributed by atoms with Gasteiger partial charge in [-0.15, -0.1) is 0 Å². The minimum atomic E-state index is -1.30. The van der Waals surface area contributed by atoms with Crippen LogP contribution < -0.4 is 10.3 Å². The molecule has 0 aliphatic carbocycles. The first-order chi connectivity index (χ1) is 13.7. The molecule has 1 aromatic heterocycles. The highest BCUT2D eigenvalue weighted by Gasteiger charge is 2.39. The first-order valence-electron chi connectivity index (χ1n) is 10.2. The van der Waals surface area contributed by atoms with Crippen LogP contribution in [0.15, 0.2) is 17.1 Å². The highest BCUT2D eigenvalue weighted by molar-refractivity contribution is 5.95. The van der Waals surface area contributed by atoms with Crippen molar-refractivity contribution in [2.45, 2.75) is 58.6 Å². The monoisotopic (exact) mass is 402 g/mol. The van der Waals surface area contributed by atoms with Crippen molar-refractivity contribution in [3.05, 3.63) is 39.4 Å². The Balaban J connectivity index is 1.97. The summed E-state index contributed by atoms with van der Waals surface area (Å²) in [5, 5.41) is 20.0. The van der Waals surface area contributed by atoms with E-state index in [2.05, 4.69) is 0 Å². The average Bonchev–Trinajstić information content (AvgIpc) is 2.68. The number of nitrogens with zero attached hydrogens (tertiary/aromatic N) is 2. The Morgan fingerprint density at radius 3 is 2.76 bits per heavy atom. The van der Waals surface area contributed by atoms with Crippen LogP contribution in [0.2, 0.25) is 0 Å². The molecule has 0 saturated carbocycles. The number of carboxylic acid groups (broad SMARTS) is 1. The Bertz CT molecular complexity index is 1060. The first-order valence-corrected chi connectivity index (χ1v) is 10.2. The number of rotatable bonds is 3. The molecule has 2 aromatic rings. The molecule has 29 heavy (non-hydrogen) atoms. The van der Waals surface area contributed by atoms with E-state index < -0.39 is 23.3 Å². The average molecular weight is 402 g/mol. The fraction of sp³-hybridized carbons (Fsp3) is 0.545. The van der Waals surface area contributed by atoms with Crippen molar-refractivity contribution in [3.8, 4) is 0 Å². The van der Waals surface area contributed by atoms with Gasteiger partial charge in [0.15, 0.2) is 0 Å². The van der Waals surface area contributed by atoms with E-state index in [0.717, 1.165) is 18.4 Å². The third-order valence-corrected chi connectivity index (χ3v) is 7.01. The van der Waals surface area contributed by atoms with Gasteiger partial charge >= 0.3 is 5.97 Å². The number of anilines is 1. The van der Waals surface area contributed by atoms with E-state index >= 15 is 4.39 Å². The summed E-state index contributed by atoms with van der Waals surface area (Å²) in [5.74, 6) is -1.80. The van der Waals surface area contributed by atoms with Crippen LogP contribution in [0.1, 0.15) is 62.0 Å². The maximum atomic E-state index is 15.4. The SMILES string of the molecule is CCC1(C)CN(c2c(F)cc3c(=O)c(C(=O)O)cn4c3c2CC[C@@H]4C)CCC1O. The Morgan fingerprint density at radius 2 is 2.10 bits per heavy atom. The van der Waals surface area contributed by atoms with Gasteiger partial charge in [0.2, 0.25) is 5.43 Å². The topological polar surface area (TPSA) is 82.8 Å². The Labute approximate surface area is 168 Å². The van der Waals surface area contributed by atoms with Crippen molar-refractivity contribution >= 4 is 22.6 Å². The molecule has 7 heteroatoms. The lowest BCUT2D eigenvalue weighted by molar-refractivity contribution is 0.0182. The molecule has 1 saturated heterocycles. The largest absolute Gasteiger partial charge is 0.477 e. The van der Waals surface area contributed by atoms with Crippen molar-refractivity contribution < 1.29 is 19.4 Å². The van der Waals surface area contributed by atoms with Gasteiger partial charge in [0.1, 0.15) is 11.4 Å². The summed E-state index contributed by atoms with van der Waals surface area (Å²) in [4.78, 5) is 26.3. The number of pyridine rings is 1. The summed E-state index contributed by atoms with van der Waals surface area (Å²) in [6, 6.07) is 1.22. The lowest BCUT2D eigenvalue weighted by atomic mass is 9.76. The number of carbonyl (C=O) groups is 1. The second-order valence-electron chi connectivity index (χ2n) is 8.79. The van der Waals surface area contributed by atoms with Crippen LogP contribution in [0.4, 0.5) is 10.1 Å². The molecule has 6 nitrogen and oxygen atoms in total. The number of hydrogen-bond acceptors (Lipinski definition) is 4. The molecular formula is C22H27FN2O4. The van der Waals surface area contributed by atoms with E-state index in [1.54, 1.807) is 0 Å². The van der Waals surface area contributed by atoms with Gasteiger partial charge in [-0.2, -0.15) is 0 Å². The highest BCUT2D eigenvalue weighted by Crippen LogP contribution is 2.42. The number of piperidine rings is 1. The van der Waals surface area contributed by atoms with Gasteiger partial charge in [0, 0.05) is 41.7 Å². The Kier molecular flexibility index (Phi) is 4.69. The third-order valence-electron chi connectivity index (χ3n) is 7.01. The van der Waals surface area contributed by atoms with Crippen molar-refractivity contribution in [2.24, 2.45) is 5.41 Å². The summed E-state index contributed by atoms with van der Waals surface area (Å²) in [5.41, 5.74) is 0.593. The molecule has 0 radical (unpaired) electrons. The number of benzene rings is 1. The Morgan fingerprint density at radius 1 is 1.38 bits per heavy atom. The zero-order chi connectivity index (χ0) is 21.1. The number of aliphatic hydroxyl groups excluding tert-OH is 1. The number of aliphatic hydroxyl groups is 1. The zero-order valence-electron chi connectivity index (χ0n) is 17.0. The van der Waals surface area contributed by atoms with Gasteiger partial charge in [-0.3, -0.25) is 4.79 Å². The fourth-order valence-corrected chi connectivity index (χ4v) is 4.91. The molecule has 3 heterocycles. The molecule has 2 unspecified atom stereocenters. The van der Waals surface area contributed by atoms with E-state index in [-0.39, 0.29) is 22.4 Å². The van der Waals surface area contributed by atoms with Crippen molar-refractivity contribution in [1.82, 2.24) is 4.57 Å². The van der Waals surface area contributed by atoms with Crippen LogP contribution in [-0.4, -0.2) is 39.9 Å². The minimum absolute atomic E-state index is 0.0195. The summed E-state index contributed by atoms with van der Waals surface area (Å²) in [6.07, 6.45) is 3.67. The lowest BCUT2D eigenvalue weighted by Gasteiger charge is -2.45. The molecule has 2 aliphatic heterocycles. The van der Waals surface area contributed by atoms with E-state index in [0.29, 0.717) is 37.1 Å². The molecular weight excluding hydrogens is 375 g/mol. The zero-order valence-corrected chi connectivity index (χ0v) is 17.0. The third kappa shape index (κ3) is 2.94. The van der Waals surface area contributed by atoms with Gasteiger partial charge in [0.25, 0.3) is 0 Å². The van der Waals surface area contributed by atoms with Crippen molar-refractivity contribution in [3.63, 3.8) is 0 Å². The number of aryl methyl sites for hydroxylation is 1. The molecule has 0 bridgehead atoms. The summed E-state index contributed by atoms with van der Waals surface area (Å²) in [6.45, 7) is 7.10. The van der Waals surface area contributed by atoms with E-state index in [9.17, 15) is 19.8 Å². The van der Waals surface area contributed by atoms with Gasteiger partial charge in [-0.05, 0) is 38.7 Å². The standard InChI is InChI=1S/C22H27FN2O4/c1-4-22(3)11-24(8-7-17(22)26)19-13-6-5-12(2)25-10-15(21(28)29)20(27)14(18(13)25)9-16(19)23/h9-10,12,17,26H,4-8,11H2,1-3H3,(H,28,29)/t12-,17?,22?/m0/s1. The quantitative estimate of drug-likeness (QED) is 0.823. The molecule has 2 N–H and O–H groups in total. The molecule has 4 rings (SSSR count). The molecule has 1 aromatic carbocycles. The number of aromatic carboxylic acids is 1. The first kappa shape index (κ1) is 19.9. The van der Waals surface area contributed by atoms with Gasteiger partial charge < -0.3 is 19.7 Å². The molecule has 0 amide bonds. The molecule has 0 spiro atoms. The fourth-order valence-electron chi connectivity index (χ4n) is 4.91. The molecule has 2 aliphatic rings. The highest BCUT2D eigenvalue weighted by atomic mass is 19.1. The van der Waals surface area contributed by atoms with Crippen molar-refractivity contribution in [2.75, 3.05) is 18.0 Å². The van der Waals surface area contributed by atoms with Crippen LogP contribution in [0.5, 0.6) is 0 Å². The maximum absolute atomic E-state index is 15.4. The van der Waals surface area contributed by atoms with Crippen LogP contribution in [-0.2, 0) is 6.42 Å². The number of aromatic nitrogens is 1. The molecule has 1 fully saturated rings. The second-order valence-corrected chi connectivity index (χ2v) is 8.79. The van der Waals surface area contributed by atoms with E-state index in [1.165, 1.54) is 12.3 Å². The smallest absolute Gasteiger partial charge is 0.341 e. The van der Waals surface area contributed by atoms with E-state index in [1.807, 2.05) is 30.2 Å². The summed E-state index contributed by atoms with van der Waals surface area (Å²) in [7, 11) is 0. The van der Waals surface area contributed by atoms with Gasteiger partial charge in [-0.1, -0.05) is 13.8 Å².